The second kappa shape index (κ2) is 3.59. The van der Waals surface area contributed by atoms with Crippen molar-refractivity contribution < 1.29 is 0 Å². The third kappa shape index (κ3) is 1.43. The van der Waals surface area contributed by atoms with Gasteiger partial charge in [0.1, 0.15) is 0 Å². The van der Waals surface area contributed by atoms with Crippen LogP contribution in [-0.2, 0) is 0 Å². The van der Waals surface area contributed by atoms with Crippen molar-refractivity contribution in [3.63, 3.8) is 0 Å². The lowest BCUT2D eigenvalue weighted by atomic mass is 10.0. The Morgan fingerprint density at radius 1 is 1.38 bits per heavy atom. The number of imidazole rings is 1. The van der Waals surface area contributed by atoms with E-state index in [0.717, 1.165) is 18.6 Å². The summed E-state index contributed by atoms with van der Waals surface area (Å²) in [6, 6.07) is 7.19. The van der Waals surface area contributed by atoms with Crippen molar-refractivity contribution in [1.82, 2.24) is 14.9 Å². The topological polar surface area (TPSA) is 29.9 Å². The first-order valence-corrected chi connectivity index (χ1v) is 5.93. The van der Waals surface area contributed by atoms with Crippen molar-refractivity contribution in [1.29, 1.82) is 0 Å². The van der Waals surface area contributed by atoms with E-state index in [-0.39, 0.29) is 0 Å². The van der Waals surface area contributed by atoms with Crippen LogP contribution in [-0.4, -0.2) is 22.6 Å². The van der Waals surface area contributed by atoms with Gasteiger partial charge in [-0.1, -0.05) is 19.9 Å². The molecule has 0 unspecified atom stereocenters. The number of fused-ring (bicyclic) bond motifs is 1. The maximum atomic E-state index is 4.46. The lowest BCUT2D eigenvalue weighted by molar-refractivity contribution is 0.350. The van der Waals surface area contributed by atoms with E-state index in [4.69, 9.17) is 0 Å². The fourth-order valence-corrected chi connectivity index (χ4v) is 2.16. The molecule has 1 aliphatic rings. The summed E-state index contributed by atoms with van der Waals surface area (Å²) < 4.78 is 2.30. The lowest BCUT2D eigenvalue weighted by Crippen LogP contribution is -2.43. The van der Waals surface area contributed by atoms with Crippen LogP contribution in [0.3, 0.4) is 0 Å². The molecule has 1 aliphatic heterocycles. The van der Waals surface area contributed by atoms with Crippen LogP contribution >= 0.6 is 0 Å². The first kappa shape index (κ1) is 9.85. The van der Waals surface area contributed by atoms with Crippen molar-refractivity contribution in [2.45, 2.75) is 25.8 Å². The average molecular weight is 215 g/mol. The molecule has 0 bridgehead atoms. The summed E-state index contributed by atoms with van der Waals surface area (Å²) in [7, 11) is 0. The van der Waals surface area contributed by atoms with Crippen LogP contribution in [0.15, 0.2) is 24.5 Å². The Bertz CT molecular complexity index is 509. The van der Waals surface area contributed by atoms with Gasteiger partial charge in [-0.2, -0.15) is 0 Å². The number of rotatable bonds is 2. The summed E-state index contributed by atoms with van der Waals surface area (Å²) in [6.07, 6.45) is 1.97. The molecule has 3 rings (SSSR count). The highest BCUT2D eigenvalue weighted by Crippen LogP contribution is 2.24. The minimum absolute atomic E-state index is 0.576. The third-order valence-electron chi connectivity index (χ3n) is 3.42. The Labute approximate surface area is 95.5 Å². The molecule has 0 aliphatic carbocycles. The van der Waals surface area contributed by atoms with Crippen molar-refractivity contribution in [3.05, 3.63) is 30.1 Å². The summed E-state index contributed by atoms with van der Waals surface area (Å²) in [5.74, 6) is 0.576. The minimum atomic E-state index is 0.576. The highest BCUT2D eigenvalue weighted by Gasteiger charge is 2.20. The van der Waals surface area contributed by atoms with Gasteiger partial charge >= 0.3 is 0 Å². The Morgan fingerprint density at radius 3 is 2.81 bits per heavy atom. The van der Waals surface area contributed by atoms with E-state index in [0.29, 0.717) is 12.0 Å². The van der Waals surface area contributed by atoms with Gasteiger partial charge in [0.2, 0.25) is 0 Å². The molecule has 0 saturated carbocycles. The third-order valence-corrected chi connectivity index (χ3v) is 3.42. The van der Waals surface area contributed by atoms with Gasteiger partial charge in [-0.25, -0.2) is 4.98 Å². The van der Waals surface area contributed by atoms with Crippen LogP contribution < -0.4 is 5.32 Å². The maximum Gasteiger partial charge on any atom is 0.0961 e. The second-order valence-electron chi connectivity index (χ2n) is 4.87. The molecule has 1 N–H and O–H groups in total. The number of nitrogens with one attached hydrogen (secondary N) is 1. The van der Waals surface area contributed by atoms with E-state index < -0.39 is 0 Å². The van der Waals surface area contributed by atoms with Gasteiger partial charge in [0.25, 0.3) is 0 Å². The summed E-state index contributed by atoms with van der Waals surface area (Å²) in [4.78, 5) is 4.46. The van der Waals surface area contributed by atoms with Gasteiger partial charge in [0, 0.05) is 13.1 Å². The molecule has 1 fully saturated rings. The average Bonchev–Trinajstić information content (AvgIpc) is 2.59. The van der Waals surface area contributed by atoms with Crippen LogP contribution in [0.2, 0.25) is 0 Å². The summed E-state index contributed by atoms with van der Waals surface area (Å²) in [5, 5.41) is 3.30. The zero-order valence-corrected chi connectivity index (χ0v) is 9.77. The van der Waals surface area contributed by atoms with Gasteiger partial charge < -0.3 is 9.88 Å². The van der Waals surface area contributed by atoms with E-state index in [2.05, 4.69) is 46.9 Å². The van der Waals surface area contributed by atoms with Crippen molar-refractivity contribution in [3.8, 4) is 0 Å². The normalized spacial score (nSPS) is 16.9. The van der Waals surface area contributed by atoms with Gasteiger partial charge in [-0.15, -0.1) is 0 Å². The first-order valence-electron chi connectivity index (χ1n) is 5.93. The fourth-order valence-electron chi connectivity index (χ4n) is 2.16. The van der Waals surface area contributed by atoms with E-state index in [9.17, 15) is 0 Å². The van der Waals surface area contributed by atoms with E-state index in [1.165, 1.54) is 11.1 Å². The van der Waals surface area contributed by atoms with Crippen molar-refractivity contribution in [2.75, 3.05) is 13.1 Å². The molecule has 0 spiro atoms. The van der Waals surface area contributed by atoms with Gasteiger partial charge in [-0.05, 0) is 23.6 Å². The van der Waals surface area contributed by atoms with Crippen LogP contribution in [0.25, 0.3) is 11.0 Å². The smallest absolute Gasteiger partial charge is 0.0961 e. The van der Waals surface area contributed by atoms with Crippen LogP contribution in [0.5, 0.6) is 0 Å². The predicted molar refractivity (Wildman–Crippen MR) is 65.7 cm³/mol. The number of benzene rings is 1. The summed E-state index contributed by atoms with van der Waals surface area (Å²) >= 11 is 0. The molecular weight excluding hydrogens is 198 g/mol. The van der Waals surface area contributed by atoms with E-state index in [1.54, 1.807) is 0 Å². The Morgan fingerprint density at radius 2 is 2.19 bits per heavy atom. The molecule has 16 heavy (non-hydrogen) atoms. The molecular formula is C13H17N3. The highest BCUT2D eigenvalue weighted by molar-refractivity contribution is 5.76. The van der Waals surface area contributed by atoms with Crippen molar-refractivity contribution in [2.24, 2.45) is 0 Å². The van der Waals surface area contributed by atoms with Crippen LogP contribution in [0.1, 0.15) is 31.4 Å². The molecule has 0 radical (unpaired) electrons. The zero-order chi connectivity index (χ0) is 11.1. The second-order valence-corrected chi connectivity index (χ2v) is 4.87. The van der Waals surface area contributed by atoms with Crippen molar-refractivity contribution >= 4 is 11.0 Å². The predicted octanol–water partition coefficient (Wildman–Crippen LogP) is 2.30. The lowest BCUT2D eigenvalue weighted by Gasteiger charge is -2.29. The molecule has 2 heterocycles. The standard InChI is InChI=1S/C13H17N3/c1-9(2)10-3-4-12-13(5-10)16(8-15-12)11-6-14-7-11/h3-5,8-9,11,14H,6-7H2,1-2H3. The van der Waals surface area contributed by atoms with E-state index in [1.807, 2.05) is 6.33 Å². The largest absolute Gasteiger partial charge is 0.325 e. The Kier molecular flexibility index (Phi) is 2.21. The van der Waals surface area contributed by atoms with Crippen LogP contribution in [0, 0.1) is 0 Å². The highest BCUT2D eigenvalue weighted by atomic mass is 15.2. The quantitative estimate of drug-likeness (QED) is 0.833. The summed E-state index contributed by atoms with van der Waals surface area (Å²) in [6.45, 7) is 6.59. The SMILES string of the molecule is CC(C)c1ccc2ncn(C3CNC3)c2c1. The van der Waals surface area contributed by atoms with Gasteiger partial charge in [-0.3, -0.25) is 0 Å². The Hall–Kier alpha value is -1.35. The molecule has 1 aromatic carbocycles. The van der Waals surface area contributed by atoms with E-state index >= 15 is 0 Å². The number of nitrogens with zero attached hydrogens (tertiary/aromatic N) is 2. The maximum absolute atomic E-state index is 4.46. The molecule has 1 saturated heterocycles. The molecule has 2 aromatic rings. The zero-order valence-electron chi connectivity index (χ0n) is 9.77. The van der Waals surface area contributed by atoms with Crippen LogP contribution in [0.4, 0.5) is 0 Å². The molecule has 1 aromatic heterocycles. The number of aromatic nitrogens is 2. The minimum Gasteiger partial charge on any atom is -0.325 e. The monoisotopic (exact) mass is 215 g/mol. The Balaban J connectivity index is 2.11. The first-order chi connectivity index (χ1) is 7.75. The number of hydrogen-bond acceptors (Lipinski definition) is 2. The molecule has 3 heteroatoms. The fraction of sp³-hybridized carbons (Fsp3) is 0.462. The molecule has 84 valence electrons. The van der Waals surface area contributed by atoms with Gasteiger partial charge in [0.05, 0.1) is 23.4 Å². The molecule has 3 nitrogen and oxygen atoms in total. The summed E-state index contributed by atoms with van der Waals surface area (Å²) in [5.41, 5.74) is 3.77. The molecule has 0 atom stereocenters. The molecule has 0 amide bonds. The van der Waals surface area contributed by atoms with Gasteiger partial charge in [0.15, 0.2) is 0 Å². The number of hydrogen-bond donors (Lipinski definition) is 1.